The van der Waals surface area contributed by atoms with Crippen LogP contribution in [0.15, 0.2) is 24.3 Å². The predicted molar refractivity (Wildman–Crippen MR) is 93.8 cm³/mol. The maximum atomic E-state index is 13.1. The van der Waals surface area contributed by atoms with Crippen LogP contribution in [0.3, 0.4) is 0 Å². The van der Waals surface area contributed by atoms with Crippen LogP contribution in [-0.2, 0) is 20.9 Å². The van der Waals surface area contributed by atoms with Crippen LogP contribution in [0.25, 0.3) is 0 Å². The molecule has 3 saturated heterocycles. The van der Waals surface area contributed by atoms with Gasteiger partial charge in [0.15, 0.2) is 0 Å². The minimum Gasteiger partial charge on any atom is -0.381 e. The highest BCUT2D eigenvalue weighted by atomic mass is 16.5. The molecule has 3 heterocycles. The van der Waals surface area contributed by atoms with Gasteiger partial charge in [0, 0.05) is 32.8 Å². The number of amides is 2. The minimum absolute atomic E-state index is 0.00458. The average molecular weight is 342 g/mol. The number of benzene rings is 1. The van der Waals surface area contributed by atoms with Gasteiger partial charge in [0.05, 0.1) is 17.9 Å². The number of hydrogen-bond acceptors (Lipinski definition) is 3. The molecule has 5 nitrogen and oxygen atoms in total. The summed E-state index contributed by atoms with van der Waals surface area (Å²) in [5.74, 6) is 0.404. The Labute approximate surface area is 148 Å². The summed E-state index contributed by atoms with van der Waals surface area (Å²) in [5, 5.41) is 0. The lowest BCUT2D eigenvalue weighted by atomic mass is 9.85. The van der Waals surface area contributed by atoms with Crippen LogP contribution in [0, 0.1) is 18.3 Å². The minimum atomic E-state index is -0.348. The van der Waals surface area contributed by atoms with E-state index in [4.69, 9.17) is 4.74 Å². The van der Waals surface area contributed by atoms with Gasteiger partial charge in [0.2, 0.25) is 11.8 Å². The van der Waals surface area contributed by atoms with Gasteiger partial charge in [-0.05, 0) is 31.7 Å². The molecule has 1 aromatic rings. The first-order valence-electron chi connectivity index (χ1n) is 9.29. The lowest BCUT2D eigenvalue weighted by Crippen LogP contribution is -2.40. The largest absolute Gasteiger partial charge is 0.381 e. The van der Waals surface area contributed by atoms with Crippen LogP contribution in [0.4, 0.5) is 0 Å². The summed E-state index contributed by atoms with van der Waals surface area (Å²) in [5.41, 5.74) is 2.05. The molecule has 0 N–H and O–H groups in total. The zero-order valence-corrected chi connectivity index (χ0v) is 14.9. The lowest BCUT2D eigenvalue weighted by Gasteiger charge is -2.25. The fourth-order valence-corrected chi connectivity index (χ4v) is 4.50. The molecule has 1 aromatic carbocycles. The molecule has 0 aromatic heterocycles. The van der Waals surface area contributed by atoms with E-state index < -0.39 is 0 Å². The van der Waals surface area contributed by atoms with Crippen molar-refractivity contribution in [3.8, 4) is 0 Å². The van der Waals surface area contributed by atoms with Gasteiger partial charge < -0.3 is 14.5 Å². The first-order valence-corrected chi connectivity index (χ1v) is 9.29. The van der Waals surface area contributed by atoms with E-state index in [1.807, 2.05) is 15.9 Å². The van der Waals surface area contributed by atoms with Gasteiger partial charge in [-0.15, -0.1) is 0 Å². The van der Waals surface area contributed by atoms with E-state index in [-0.39, 0.29) is 23.1 Å². The Kier molecular flexibility index (Phi) is 4.28. The Morgan fingerprint density at radius 2 is 2.16 bits per heavy atom. The molecule has 3 aliphatic heterocycles. The molecule has 25 heavy (non-hydrogen) atoms. The van der Waals surface area contributed by atoms with E-state index in [0.29, 0.717) is 32.8 Å². The summed E-state index contributed by atoms with van der Waals surface area (Å²) in [6.45, 7) is 6.05. The van der Waals surface area contributed by atoms with Gasteiger partial charge in [-0.1, -0.05) is 29.8 Å². The second-order valence-electron chi connectivity index (χ2n) is 7.82. The molecule has 2 amide bonds. The van der Waals surface area contributed by atoms with Crippen molar-refractivity contribution in [3.05, 3.63) is 35.4 Å². The predicted octanol–water partition coefficient (Wildman–Crippen LogP) is 1.98. The standard InChI is InChI=1S/C20H26N2O3/c1-15-3-2-4-16(11-15)12-21-8-6-20(19(21)24)7-9-22(14-20)18(23)17-5-10-25-13-17/h2-4,11,17H,5-10,12-14H2,1H3/t17-,20+/m0/s1. The van der Waals surface area contributed by atoms with E-state index >= 15 is 0 Å². The summed E-state index contributed by atoms with van der Waals surface area (Å²) < 4.78 is 5.35. The van der Waals surface area contributed by atoms with Crippen molar-refractivity contribution in [2.75, 3.05) is 32.8 Å². The van der Waals surface area contributed by atoms with Crippen molar-refractivity contribution in [1.29, 1.82) is 0 Å². The van der Waals surface area contributed by atoms with Gasteiger partial charge in [0.25, 0.3) is 0 Å². The zero-order chi connectivity index (χ0) is 17.4. The summed E-state index contributed by atoms with van der Waals surface area (Å²) >= 11 is 0. The van der Waals surface area contributed by atoms with Gasteiger partial charge in [-0.2, -0.15) is 0 Å². The van der Waals surface area contributed by atoms with E-state index in [9.17, 15) is 9.59 Å². The Bertz CT molecular complexity index is 683. The Morgan fingerprint density at radius 3 is 2.92 bits per heavy atom. The molecule has 5 heteroatoms. The smallest absolute Gasteiger partial charge is 0.231 e. The molecular formula is C20H26N2O3. The second-order valence-corrected chi connectivity index (χ2v) is 7.82. The number of ether oxygens (including phenoxy) is 1. The van der Waals surface area contributed by atoms with Gasteiger partial charge in [-0.3, -0.25) is 9.59 Å². The van der Waals surface area contributed by atoms with Gasteiger partial charge in [0.1, 0.15) is 0 Å². The maximum Gasteiger partial charge on any atom is 0.231 e. The normalized spacial score (nSPS) is 29.2. The number of likely N-dealkylation sites (tertiary alicyclic amines) is 2. The van der Waals surface area contributed by atoms with E-state index in [1.54, 1.807) is 0 Å². The van der Waals surface area contributed by atoms with Crippen molar-refractivity contribution in [2.24, 2.45) is 11.3 Å². The third kappa shape index (κ3) is 3.06. The number of carbonyl (C=O) groups excluding carboxylic acids is 2. The van der Waals surface area contributed by atoms with Crippen molar-refractivity contribution in [1.82, 2.24) is 9.80 Å². The Morgan fingerprint density at radius 1 is 1.32 bits per heavy atom. The summed E-state index contributed by atoms with van der Waals surface area (Å²) in [7, 11) is 0. The monoisotopic (exact) mass is 342 g/mol. The van der Waals surface area contributed by atoms with Crippen LogP contribution < -0.4 is 0 Å². The summed E-state index contributed by atoms with van der Waals surface area (Å²) in [6, 6.07) is 8.34. The van der Waals surface area contributed by atoms with Crippen LogP contribution in [-0.4, -0.2) is 54.5 Å². The molecule has 0 aliphatic carbocycles. The highest BCUT2D eigenvalue weighted by Gasteiger charge is 2.52. The average Bonchev–Trinajstić information content (AvgIpc) is 3.33. The maximum absolute atomic E-state index is 13.1. The molecule has 0 bridgehead atoms. The van der Waals surface area contributed by atoms with Gasteiger partial charge >= 0.3 is 0 Å². The fraction of sp³-hybridized carbons (Fsp3) is 0.600. The summed E-state index contributed by atoms with van der Waals surface area (Å²) in [6.07, 6.45) is 2.48. The third-order valence-electron chi connectivity index (χ3n) is 6.00. The number of rotatable bonds is 3. The van der Waals surface area contributed by atoms with E-state index in [0.717, 1.165) is 25.8 Å². The van der Waals surface area contributed by atoms with Crippen molar-refractivity contribution in [2.45, 2.75) is 32.7 Å². The number of nitrogens with zero attached hydrogens (tertiary/aromatic N) is 2. The fourth-order valence-electron chi connectivity index (χ4n) is 4.50. The molecular weight excluding hydrogens is 316 g/mol. The molecule has 1 spiro atoms. The van der Waals surface area contributed by atoms with E-state index in [1.165, 1.54) is 11.1 Å². The highest BCUT2D eigenvalue weighted by Crippen LogP contribution is 2.41. The first-order chi connectivity index (χ1) is 12.1. The quantitative estimate of drug-likeness (QED) is 0.844. The molecule has 3 fully saturated rings. The van der Waals surface area contributed by atoms with Crippen molar-refractivity contribution >= 4 is 11.8 Å². The number of hydrogen-bond donors (Lipinski definition) is 0. The molecule has 2 atom stereocenters. The van der Waals surface area contributed by atoms with Crippen LogP contribution in [0.5, 0.6) is 0 Å². The van der Waals surface area contributed by atoms with Crippen molar-refractivity contribution in [3.63, 3.8) is 0 Å². The lowest BCUT2D eigenvalue weighted by molar-refractivity contribution is -0.138. The van der Waals surface area contributed by atoms with Crippen LogP contribution >= 0.6 is 0 Å². The third-order valence-corrected chi connectivity index (χ3v) is 6.00. The zero-order valence-electron chi connectivity index (χ0n) is 14.9. The molecule has 4 rings (SSSR count). The molecule has 0 saturated carbocycles. The van der Waals surface area contributed by atoms with E-state index in [2.05, 4.69) is 25.1 Å². The Balaban J connectivity index is 1.42. The van der Waals surface area contributed by atoms with Gasteiger partial charge in [-0.25, -0.2) is 0 Å². The molecule has 0 unspecified atom stereocenters. The van der Waals surface area contributed by atoms with Crippen LogP contribution in [0.2, 0.25) is 0 Å². The SMILES string of the molecule is Cc1cccc(CN2CC[C@]3(CCN(C(=O)[C@H]4CCOC4)C3)C2=O)c1. The van der Waals surface area contributed by atoms with Crippen LogP contribution in [0.1, 0.15) is 30.4 Å². The summed E-state index contributed by atoms with van der Waals surface area (Å²) in [4.78, 5) is 29.6. The second kappa shape index (κ2) is 6.45. The molecule has 0 radical (unpaired) electrons. The Hall–Kier alpha value is -1.88. The number of carbonyl (C=O) groups is 2. The molecule has 134 valence electrons. The highest BCUT2D eigenvalue weighted by molar-refractivity contribution is 5.87. The number of aryl methyl sites for hydroxylation is 1. The topological polar surface area (TPSA) is 49.9 Å². The first kappa shape index (κ1) is 16.6. The van der Waals surface area contributed by atoms with Crippen molar-refractivity contribution < 1.29 is 14.3 Å². The molecule has 3 aliphatic rings.